The van der Waals surface area contributed by atoms with Crippen LogP contribution < -0.4 is 14.9 Å². The number of rotatable bonds is 8. The van der Waals surface area contributed by atoms with Crippen LogP contribution in [0.1, 0.15) is 29.3 Å². The van der Waals surface area contributed by atoms with Gasteiger partial charge in [0.1, 0.15) is 11.6 Å². The quantitative estimate of drug-likeness (QED) is 0.500. The first kappa shape index (κ1) is 20.7. The zero-order valence-corrected chi connectivity index (χ0v) is 17.3. The largest absolute Gasteiger partial charge is 0.493 e. The van der Waals surface area contributed by atoms with Gasteiger partial charge in [0.25, 0.3) is 0 Å². The third kappa shape index (κ3) is 5.18. The zero-order chi connectivity index (χ0) is 19.8. The highest BCUT2D eigenvalue weighted by molar-refractivity contribution is 9.10. The Morgan fingerprint density at radius 1 is 1.33 bits per heavy atom. The first-order valence-corrected chi connectivity index (χ1v) is 9.02. The molecule has 0 unspecified atom stereocenters. The molecule has 0 atom stereocenters. The van der Waals surface area contributed by atoms with Crippen molar-refractivity contribution in [1.29, 1.82) is 5.26 Å². The van der Waals surface area contributed by atoms with Crippen LogP contribution in [-0.4, -0.2) is 32.0 Å². The highest BCUT2D eigenvalue weighted by Gasteiger charge is 2.12. The van der Waals surface area contributed by atoms with Gasteiger partial charge in [-0.15, -0.1) is 0 Å². The monoisotopic (exact) mass is 432 g/mol. The number of halogens is 1. The summed E-state index contributed by atoms with van der Waals surface area (Å²) < 4.78 is 16.9. The Balaban J connectivity index is 2.28. The van der Waals surface area contributed by atoms with Crippen molar-refractivity contribution in [2.45, 2.75) is 20.5 Å². The van der Waals surface area contributed by atoms with Gasteiger partial charge in [0, 0.05) is 18.4 Å². The van der Waals surface area contributed by atoms with Gasteiger partial charge in [-0.25, -0.2) is 4.98 Å². The van der Waals surface area contributed by atoms with E-state index < -0.39 is 0 Å². The Bertz CT molecular complexity index is 878. The number of anilines is 1. The van der Waals surface area contributed by atoms with E-state index in [-0.39, 0.29) is 0 Å². The number of pyridine rings is 1. The predicted octanol–water partition coefficient (Wildman–Crippen LogP) is 4.02. The van der Waals surface area contributed by atoms with Crippen molar-refractivity contribution < 1.29 is 14.2 Å². The van der Waals surface area contributed by atoms with Crippen LogP contribution in [0, 0.1) is 18.3 Å². The number of methoxy groups -OCH3 is 2. The van der Waals surface area contributed by atoms with Gasteiger partial charge in [0.15, 0.2) is 17.3 Å². The first-order chi connectivity index (χ1) is 13.0. The van der Waals surface area contributed by atoms with Gasteiger partial charge in [-0.3, -0.25) is 5.43 Å². The van der Waals surface area contributed by atoms with Crippen LogP contribution in [-0.2, 0) is 11.3 Å². The topological polar surface area (TPSA) is 88.8 Å². The number of hydrogen-bond donors (Lipinski definition) is 1. The van der Waals surface area contributed by atoms with Crippen LogP contribution in [0.25, 0.3) is 0 Å². The van der Waals surface area contributed by atoms with Crippen LogP contribution in [0.5, 0.6) is 11.5 Å². The lowest BCUT2D eigenvalue weighted by Gasteiger charge is -2.12. The lowest BCUT2D eigenvalue weighted by atomic mass is 10.1. The van der Waals surface area contributed by atoms with Crippen molar-refractivity contribution in [3.05, 3.63) is 45.1 Å². The first-order valence-electron chi connectivity index (χ1n) is 8.23. The van der Waals surface area contributed by atoms with E-state index in [9.17, 15) is 5.26 Å². The average molecular weight is 433 g/mol. The molecule has 0 aliphatic rings. The van der Waals surface area contributed by atoms with Crippen LogP contribution in [0.2, 0.25) is 0 Å². The lowest BCUT2D eigenvalue weighted by Crippen LogP contribution is -2.03. The van der Waals surface area contributed by atoms with Crippen LogP contribution in [0.15, 0.2) is 27.8 Å². The Hall–Kier alpha value is -2.63. The summed E-state index contributed by atoms with van der Waals surface area (Å²) in [6.45, 7) is 4.62. The van der Waals surface area contributed by atoms with Crippen molar-refractivity contribution >= 4 is 28.0 Å². The fourth-order valence-corrected chi connectivity index (χ4v) is 3.06. The van der Waals surface area contributed by atoms with Gasteiger partial charge in [-0.05, 0) is 53.5 Å². The summed E-state index contributed by atoms with van der Waals surface area (Å²) in [5.74, 6) is 1.63. The number of hydrazone groups is 1. The van der Waals surface area contributed by atoms with Gasteiger partial charge in [0.05, 0.1) is 31.0 Å². The number of benzene rings is 1. The number of nitrogens with one attached hydrogen (secondary N) is 1. The molecule has 0 radical (unpaired) electrons. The summed E-state index contributed by atoms with van der Waals surface area (Å²) in [5, 5.41) is 13.7. The lowest BCUT2D eigenvalue weighted by molar-refractivity contribution is 0.184. The van der Waals surface area contributed by atoms with Crippen LogP contribution in [0.4, 0.5) is 5.82 Å². The van der Waals surface area contributed by atoms with E-state index in [0.29, 0.717) is 36.1 Å². The SMILES string of the molecule is CCOc1c(Br)cc(/C=N\Nc2nc(C)cc(COC)c2C#N)cc1OC. The second-order valence-electron chi connectivity index (χ2n) is 5.53. The molecular formula is C19H21BrN4O3. The van der Waals surface area contributed by atoms with Gasteiger partial charge in [0.2, 0.25) is 0 Å². The van der Waals surface area contributed by atoms with E-state index in [1.54, 1.807) is 20.4 Å². The Kier molecular flexibility index (Phi) is 7.58. The average Bonchev–Trinajstić information content (AvgIpc) is 2.64. The molecule has 2 rings (SSSR count). The molecule has 2 aromatic rings. The summed E-state index contributed by atoms with van der Waals surface area (Å²) in [4.78, 5) is 4.35. The van der Waals surface area contributed by atoms with E-state index in [1.165, 1.54) is 0 Å². The van der Waals surface area contributed by atoms with Crippen molar-refractivity contribution in [3.63, 3.8) is 0 Å². The molecule has 7 nitrogen and oxygen atoms in total. The molecular weight excluding hydrogens is 412 g/mol. The number of ether oxygens (including phenoxy) is 3. The van der Waals surface area contributed by atoms with Crippen molar-refractivity contribution in [2.24, 2.45) is 5.10 Å². The molecule has 1 aromatic heterocycles. The van der Waals surface area contributed by atoms with Crippen LogP contribution in [0.3, 0.4) is 0 Å². The smallest absolute Gasteiger partial charge is 0.175 e. The molecule has 1 aromatic carbocycles. The van der Waals surface area contributed by atoms with Crippen molar-refractivity contribution in [1.82, 2.24) is 4.98 Å². The van der Waals surface area contributed by atoms with Crippen LogP contribution >= 0.6 is 15.9 Å². The highest BCUT2D eigenvalue weighted by Crippen LogP contribution is 2.36. The summed E-state index contributed by atoms with van der Waals surface area (Å²) in [7, 11) is 3.16. The minimum atomic E-state index is 0.327. The second kappa shape index (κ2) is 9.90. The van der Waals surface area contributed by atoms with E-state index in [4.69, 9.17) is 14.2 Å². The molecule has 0 bridgehead atoms. The third-order valence-electron chi connectivity index (χ3n) is 3.57. The third-order valence-corrected chi connectivity index (χ3v) is 4.15. The number of nitrogens with zero attached hydrogens (tertiary/aromatic N) is 3. The number of hydrogen-bond acceptors (Lipinski definition) is 7. The molecule has 0 fully saturated rings. The van der Waals surface area contributed by atoms with Gasteiger partial charge >= 0.3 is 0 Å². The number of aryl methyl sites for hydroxylation is 1. The Morgan fingerprint density at radius 3 is 2.74 bits per heavy atom. The Morgan fingerprint density at radius 2 is 2.11 bits per heavy atom. The fourth-order valence-electron chi connectivity index (χ4n) is 2.48. The summed E-state index contributed by atoms with van der Waals surface area (Å²) in [6.07, 6.45) is 1.62. The molecule has 0 amide bonds. The molecule has 0 saturated heterocycles. The predicted molar refractivity (Wildman–Crippen MR) is 107 cm³/mol. The summed E-state index contributed by atoms with van der Waals surface area (Å²) in [5.41, 5.74) is 5.57. The van der Waals surface area contributed by atoms with E-state index in [1.807, 2.05) is 32.0 Å². The molecule has 0 saturated carbocycles. The summed E-state index contributed by atoms with van der Waals surface area (Å²) >= 11 is 3.48. The Labute approximate surface area is 167 Å². The van der Waals surface area contributed by atoms with Crippen molar-refractivity contribution in [2.75, 3.05) is 26.3 Å². The molecule has 8 heteroatoms. The van der Waals surface area contributed by atoms with Crippen molar-refractivity contribution in [3.8, 4) is 17.6 Å². The molecule has 142 valence electrons. The van der Waals surface area contributed by atoms with E-state index >= 15 is 0 Å². The maximum absolute atomic E-state index is 9.44. The molecule has 0 aliphatic heterocycles. The van der Waals surface area contributed by atoms with E-state index in [2.05, 4.69) is 37.5 Å². The van der Waals surface area contributed by atoms with E-state index in [0.717, 1.165) is 21.3 Å². The number of nitriles is 1. The minimum Gasteiger partial charge on any atom is -0.493 e. The number of aromatic nitrogens is 1. The standard InChI is InChI=1S/C19H21BrN4O3/c1-5-27-18-16(20)7-13(8-17(18)26-4)10-22-24-19-15(9-21)14(11-25-3)6-12(2)23-19/h6-8,10H,5,11H2,1-4H3,(H,23,24)/b22-10-. The maximum atomic E-state index is 9.44. The summed E-state index contributed by atoms with van der Waals surface area (Å²) in [6, 6.07) is 7.65. The van der Waals surface area contributed by atoms with Gasteiger partial charge in [-0.2, -0.15) is 10.4 Å². The molecule has 1 heterocycles. The zero-order valence-electron chi connectivity index (χ0n) is 15.7. The fraction of sp³-hybridized carbons (Fsp3) is 0.316. The molecule has 1 N–H and O–H groups in total. The molecule has 0 spiro atoms. The van der Waals surface area contributed by atoms with Gasteiger partial charge < -0.3 is 14.2 Å². The minimum absolute atomic E-state index is 0.327. The molecule has 0 aliphatic carbocycles. The highest BCUT2D eigenvalue weighted by atomic mass is 79.9. The normalized spacial score (nSPS) is 10.7. The van der Waals surface area contributed by atoms with Gasteiger partial charge in [-0.1, -0.05) is 0 Å². The molecule has 27 heavy (non-hydrogen) atoms. The maximum Gasteiger partial charge on any atom is 0.175 e. The second-order valence-corrected chi connectivity index (χ2v) is 6.38.